The summed E-state index contributed by atoms with van der Waals surface area (Å²) in [5.74, 6) is -3.53. The number of ketones is 1. The van der Waals surface area contributed by atoms with Crippen LogP contribution in [0.1, 0.15) is 16.1 Å². The third kappa shape index (κ3) is 1.97. The third-order valence-electron chi connectivity index (χ3n) is 2.90. The summed E-state index contributed by atoms with van der Waals surface area (Å²) in [7, 11) is 0. The lowest BCUT2D eigenvalue weighted by atomic mass is 10.1. The molecule has 2 aromatic carbocycles. The van der Waals surface area contributed by atoms with E-state index in [0.717, 1.165) is 18.2 Å². The first kappa shape index (κ1) is 12.5. The topological polar surface area (TPSA) is 30.2 Å². The maximum atomic E-state index is 13.5. The molecule has 3 rings (SSSR count). The summed E-state index contributed by atoms with van der Waals surface area (Å²) in [4.78, 5) is 12.1. The van der Waals surface area contributed by atoms with Crippen molar-refractivity contribution in [2.24, 2.45) is 0 Å². The zero-order valence-corrected chi connectivity index (χ0v) is 9.99. The van der Waals surface area contributed by atoms with Crippen molar-refractivity contribution in [2.45, 2.75) is 0 Å². The Balaban J connectivity index is 2.08. The number of furan rings is 1. The van der Waals surface area contributed by atoms with Crippen molar-refractivity contribution in [1.29, 1.82) is 0 Å². The Labute approximate surface area is 111 Å². The van der Waals surface area contributed by atoms with Crippen LogP contribution in [-0.2, 0) is 0 Å². The van der Waals surface area contributed by atoms with Crippen LogP contribution in [0.25, 0.3) is 11.0 Å². The summed E-state index contributed by atoms with van der Waals surface area (Å²) in [5, 5.41) is 0.427. The largest absolute Gasteiger partial charge is 0.449 e. The van der Waals surface area contributed by atoms with E-state index in [9.17, 15) is 18.0 Å². The van der Waals surface area contributed by atoms with Gasteiger partial charge in [-0.25, -0.2) is 13.2 Å². The van der Waals surface area contributed by atoms with Gasteiger partial charge in [0.2, 0.25) is 5.78 Å². The highest BCUT2D eigenvalue weighted by molar-refractivity contribution is 6.09. The van der Waals surface area contributed by atoms with Crippen LogP contribution in [0, 0.1) is 17.5 Å². The lowest BCUT2D eigenvalue weighted by Gasteiger charge is -1.98. The van der Waals surface area contributed by atoms with Crippen molar-refractivity contribution in [1.82, 2.24) is 0 Å². The molecular formula is C15H7F3O2. The first-order chi connectivity index (χ1) is 9.56. The monoisotopic (exact) mass is 276 g/mol. The highest BCUT2D eigenvalue weighted by atomic mass is 19.2. The number of fused-ring (bicyclic) bond motifs is 1. The van der Waals surface area contributed by atoms with E-state index >= 15 is 0 Å². The first-order valence-electron chi connectivity index (χ1n) is 5.74. The summed E-state index contributed by atoms with van der Waals surface area (Å²) in [5.41, 5.74) is -0.109. The lowest BCUT2D eigenvalue weighted by molar-refractivity contribution is 0.101. The summed E-state index contributed by atoms with van der Waals surface area (Å²) >= 11 is 0. The molecule has 0 aliphatic heterocycles. The van der Waals surface area contributed by atoms with E-state index in [1.807, 2.05) is 0 Å². The van der Waals surface area contributed by atoms with E-state index in [-0.39, 0.29) is 16.9 Å². The molecule has 1 aromatic heterocycles. The molecule has 0 amide bonds. The lowest BCUT2D eigenvalue weighted by Crippen LogP contribution is -2.01. The Morgan fingerprint density at radius 1 is 0.900 bits per heavy atom. The molecule has 0 saturated heterocycles. The van der Waals surface area contributed by atoms with Gasteiger partial charge in [-0.3, -0.25) is 4.79 Å². The van der Waals surface area contributed by atoms with Gasteiger partial charge in [-0.1, -0.05) is 12.1 Å². The van der Waals surface area contributed by atoms with Gasteiger partial charge < -0.3 is 4.42 Å². The van der Waals surface area contributed by atoms with E-state index in [2.05, 4.69) is 0 Å². The van der Waals surface area contributed by atoms with Crippen LogP contribution in [-0.4, -0.2) is 5.78 Å². The van der Waals surface area contributed by atoms with Crippen LogP contribution in [0.15, 0.2) is 46.9 Å². The van der Waals surface area contributed by atoms with Crippen molar-refractivity contribution in [3.8, 4) is 0 Å². The van der Waals surface area contributed by atoms with Gasteiger partial charge in [0, 0.05) is 10.9 Å². The molecule has 0 radical (unpaired) electrons. The maximum absolute atomic E-state index is 13.5. The van der Waals surface area contributed by atoms with Crippen LogP contribution in [0.4, 0.5) is 13.2 Å². The third-order valence-corrected chi connectivity index (χ3v) is 2.90. The fourth-order valence-electron chi connectivity index (χ4n) is 1.92. The van der Waals surface area contributed by atoms with Gasteiger partial charge in [0.25, 0.3) is 0 Å². The number of hydrogen-bond acceptors (Lipinski definition) is 2. The Morgan fingerprint density at radius 3 is 2.40 bits per heavy atom. The minimum Gasteiger partial charge on any atom is -0.449 e. The average molecular weight is 276 g/mol. The Bertz CT molecular complexity index is 821. The number of rotatable bonds is 2. The number of halogens is 3. The standard InChI is InChI=1S/C15H7F3O2/c16-10-5-4-8(6-12(10)18)14(19)13-7-9-2-1-3-11(17)15(9)20-13/h1-7H. The quantitative estimate of drug-likeness (QED) is 0.660. The number of hydrogen-bond donors (Lipinski definition) is 0. The zero-order chi connectivity index (χ0) is 14.3. The van der Waals surface area contributed by atoms with Crippen LogP contribution in [0.2, 0.25) is 0 Å². The van der Waals surface area contributed by atoms with Gasteiger partial charge >= 0.3 is 0 Å². The van der Waals surface area contributed by atoms with Gasteiger partial charge in [-0.2, -0.15) is 0 Å². The molecule has 2 nitrogen and oxygen atoms in total. The van der Waals surface area contributed by atoms with Gasteiger partial charge in [0.1, 0.15) is 0 Å². The predicted octanol–water partition coefficient (Wildman–Crippen LogP) is 4.08. The maximum Gasteiger partial charge on any atom is 0.228 e. The summed E-state index contributed by atoms with van der Waals surface area (Å²) in [6, 6.07) is 8.42. The molecule has 0 aliphatic rings. The van der Waals surface area contributed by atoms with Gasteiger partial charge in [-0.05, 0) is 30.3 Å². The van der Waals surface area contributed by atoms with Gasteiger partial charge in [-0.15, -0.1) is 0 Å². The SMILES string of the molecule is O=C(c1ccc(F)c(F)c1)c1cc2cccc(F)c2o1. The predicted molar refractivity (Wildman–Crippen MR) is 66.0 cm³/mol. The molecule has 100 valence electrons. The van der Waals surface area contributed by atoms with Crippen LogP contribution >= 0.6 is 0 Å². The van der Waals surface area contributed by atoms with Gasteiger partial charge in [0.05, 0.1) is 0 Å². The van der Waals surface area contributed by atoms with Gasteiger partial charge in [0.15, 0.2) is 28.8 Å². The smallest absolute Gasteiger partial charge is 0.228 e. The minimum absolute atomic E-state index is 0.0431. The molecule has 5 heteroatoms. The molecule has 0 fully saturated rings. The molecule has 0 N–H and O–H groups in total. The second-order valence-electron chi connectivity index (χ2n) is 4.23. The molecule has 0 unspecified atom stereocenters. The van der Waals surface area contributed by atoms with E-state index in [4.69, 9.17) is 4.42 Å². The number of carbonyl (C=O) groups is 1. The Kier molecular flexibility index (Phi) is 2.82. The number of carbonyl (C=O) groups excluding carboxylic acids is 1. The van der Waals surface area contributed by atoms with Crippen molar-refractivity contribution in [3.05, 3.63) is 71.2 Å². The van der Waals surface area contributed by atoms with Crippen molar-refractivity contribution in [2.75, 3.05) is 0 Å². The fraction of sp³-hybridized carbons (Fsp3) is 0. The van der Waals surface area contributed by atoms with Crippen molar-refractivity contribution < 1.29 is 22.4 Å². The molecule has 0 saturated carbocycles. The Morgan fingerprint density at radius 2 is 1.70 bits per heavy atom. The van der Waals surface area contributed by atoms with E-state index in [1.165, 1.54) is 18.2 Å². The molecule has 0 atom stereocenters. The molecule has 0 aliphatic carbocycles. The molecule has 0 spiro atoms. The van der Waals surface area contributed by atoms with Crippen LogP contribution in [0.5, 0.6) is 0 Å². The number of para-hydroxylation sites is 1. The molecule has 1 heterocycles. The normalized spacial score (nSPS) is 10.9. The van der Waals surface area contributed by atoms with Crippen molar-refractivity contribution >= 4 is 16.8 Å². The highest BCUT2D eigenvalue weighted by Crippen LogP contribution is 2.24. The van der Waals surface area contributed by atoms with Crippen LogP contribution in [0.3, 0.4) is 0 Å². The average Bonchev–Trinajstić information content (AvgIpc) is 2.86. The van der Waals surface area contributed by atoms with E-state index in [1.54, 1.807) is 6.07 Å². The van der Waals surface area contributed by atoms with Crippen LogP contribution < -0.4 is 0 Å². The Hall–Kier alpha value is -2.56. The minimum atomic E-state index is -1.13. The first-order valence-corrected chi connectivity index (χ1v) is 5.74. The second-order valence-corrected chi connectivity index (χ2v) is 4.23. The van der Waals surface area contributed by atoms with E-state index < -0.39 is 23.2 Å². The highest BCUT2D eigenvalue weighted by Gasteiger charge is 2.17. The summed E-state index contributed by atoms with van der Waals surface area (Å²) in [6.45, 7) is 0. The second kappa shape index (κ2) is 4.52. The number of benzene rings is 2. The molecular weight excluding hydrogens is 269 g/mol. The van der Waals surface area contributed by atoms with Crippen molar-refractivity contribution in [3.63, 3.8) is 0 Å². The molecule has 3 aromatic rings. The molecule has 0 bridgehead atoms. The zero-order valence-electron chi connectivity index (χ0n) is 9.99. The summed E-state index contributed by atoms with van der Waals surface area (Å²) < 4.78 is 44.5. The fourth-order valence-corrected chi connectivity index (χ4v) is 1.92. The van der Waals surface area contributed by atoms with E-state index in [0.29, 0.717) is 5.39 Å². The summed E-state index contributed by atoms with van der Waals surface area (Å²) in [6.07, 6.45) is 0. The molecule has 20 heavy (non-hydrogen) atoms.